The molecule has 0 aliphatic rings. The molecular formula is C20H21N3O4. The minimum absolute atomic E-state index is 0.0923. The number of para-hydroxylation sites is 1. The maximum absolute atomic E-state index is 12.0. The maximum atomic E-state index is 12.0. The lowest BCUT2D eigenvalue weighted by Gasteiger charge is -2.07. The smallest absolute Gasteiger partial charge is 0.270 e. The van der Waals surface area contributed by atoms with Crippen molar-refractivity contribution in [3.63, 3.8) is 0 Å². The summed E-state index contributed by atoms with van der Waals surface area (Å²) in [5.74, 6) is 1.48. The Labute approximate surface area is 157 Å². The predicted molar refractivity (Wildman–Crippen MR) is 101 cm³/mol. The number of hydrogen-bond acceptors (Lipinski definition) is 6. The minimum Gasteiger partial charge on any atom is -0.494 e. The lowest BCUT2D eigenvalue weighted by Crippen LogP contribution is -2.21. The Morgan fingerprint density at radius 3 is 2.63 bits per heavy atom. The van der Waals surface area contributed by atoms with Crippen molar-refractivity contribution in [3.8, 4) is 23.0 Å². The lowest BCUT2D eigenvalue weighted by molar-refractivity contribution is -0.118. The standard InChI is InChI=1S/C20H21N3O4/c1-3-12-25-16-10-8-15(9-11-16)19-22-20(23-27-19)21-18(24)13-26-17-7-5-4-6-14(17)2/h4-11H,3,12-13H2,1-2H3,(H,21,23,24). The van der Waals surface area contributed by atoms with E-state index in [4.69, 9.17) is 14.0 Å². The number of carbonyl (C=O) groups is 1. The third-order valence-corrected chi connectivity index (χ3v) is 3.70. The Balaban J connectivity index is 1.55. The number of anilines is 1. The monoisotopic (exact) mass is 367 g/mol. The summed E-state index contributed by atoms with van der Waals surface area (Å²) in [6, 6.07) is 14.8. The molecule has 0 radical (unpaired) electrons. The van der Waals surface area contributed by atoms with Crippen molar-refractivity contribution in [3.05, 3.63) is 54.1 Å². The molecule has 7 nitrogen and oxygen atoms in total. The normalized spacial score (nSPS) is 10.4. The zero-order valence-corrected chi connectivity index (χ0v) is 15.3. The van der Waals surface area contributed by atoms with Crippen LogP contribution < -0.4 is 14.8 Å². The molecule has 0 aliphatic heterocycles. The molecule has 0 fully saturated rings. The number of benzene rings is 2. The van der Waals surface area contributed by atoms with Gasteiger partial charge in [-0.25, -0.2) is 0 Å². The van der Waals surface area contributed by atoms with Gasteiger partial charge in [-0.3, -0.25) is 10.1 Å². The highest BCUT2D eigenvalue weighted by Gasteiger charge is 2.12. The van der Waals surface area contributed by atoms with Crippen LogP contribution >= 0.6 is 0 Å². The number of nitrogens with zero attached hydrogens (tertiary/aromatic N) is 2. The van der Waals surface area contributed by atoms with E-state index in [1.165, 1.54) is 0 Å². The largest absolute Gasteiger partial charge is 0.494 e. The highest BCUT2D eigenvalue weighted by Crippen LogP contribution is 2.22. The van der Waals surface area contributed by atoms with Crippen molar-refractivity contribution in [2.75, 3.05) is 18.5 Å². The first-order chi connectivity index (χ1) is 13.2. The molecule has 0 bridgehead atoms. The molecule has 140 valence electrons. The topological polar surface area (TPSA) is 86.5 Å². The molecule has 0 saturated heterocycles. The minimum atomic E-state index is -0.367. The third kappa shape index (κ3) is 5.07. The lowest BCUT2D eigenvalue weighted by atomic mass is 10.2. The summed E-state index contributed by atoms with van der Waals surface area (Å²) in [6.07, 6.45) is 0.946. The van der Waals surface area contributed by atoms with Crippen molar-refractivity contribution in [2.24, 2.45) is 0 Å². The van der Waals surface area contributed by atoms with Crippen molar-refractivity contribution >= 4 is 11.9 Å². The van der Waals surface area contributed by atoms with Gasteiger partial charge in [0.2, 0.25) is 0 Å². The van der Waals surface area contributed by atoms with Gasteiger partial charge in [0.1, 0.15) is 11.5 Å². The summed E-state index contributed by atoms with van der Waals surface area (Å²) in [5, 5.41) is 6.33. The fraction of sp³-hybridized carbons (Fsp3) is 0.250. The molecule has 7 heteroatoms. The van der Waals surface area contributed by atoms with Crippen LogP contribution in [-0.4, -0.2) is 29.3 Å². The average Bonchev–Trinajstić information content (AvgIpc) is 3.14. The Kier molecular flexibility index (Phi) is 6.04. The number of amides is 1. The Bertz CT molecular complexity index is 890. The van der Waals surface area contributed by atoms with Crippen LogP contribution in [0.2, 0.25) is 0 Å². The summed E-state index contributed by atoms with van der Waals surface area (Å²) >= 11 is 0. The number of ether oxygens (including phenoxy) is 2. The highest BCUT2D eigenvalue weighted by atomic mass is 16.5. The fourth-order valence-electron chi connectivity index (χ4n) is 2.33. The third-order valence-electron chi connectivity index (χ3n) is 3.70. The number of hydrogen-bond donors (Lipinski definition) is 1. The van der Waals surface area contributed by atoms with E-state index in [0.29, 0.717) is 18.2 Å². The van der Waals surface area contributed by atoms with Crippen molar-refractivity contribution in [1.29, 1.82) is 0 Å². The summed E-state index contributed by atoms with van der Waals surface area (Å²) in [6.45, 7) is 4.49. The fourth-order valence-corrected chi connectivity index (χ4v) is 2.33. The van der Waals surface area contributed by atoms with Gasteiger partial charge in [0.15, 0.2) is 6.61 Å². The van der Waals surface area contributed by atoms with E-state index in [0.717, 1.165) is 23.3 Å². The van der Waals surface area contributed by atoms with Gasteiger partial charge in [-0.05, 0) is 54.4 Å². The molecule has 0 atom stereocenters. The first kappa shape index (κ1) is 18.4. The molecule has 1 aromatic heterocycles. The van der Waals surface area contributed by atoms with E-state index in [1.807, 2.05) is 55.5 Å². The zero-order valence-electron chi connectivity index (χ0n) is 15.3. The van der Waals surface area contributed by atoms with Crippen molar-refractivity contribution < 1.29 is 18.8 Å². The number of rotatable bonds is 8. The molecule has 0 unspecified atom stereocenters. The van der Waals surface area contributed by atoms with Crippen LogP contribution in [0.25, 0.3) is 11.5 Å². The van der Waals surface area contributed by atoms with Gasteiger partial charge in [-0.1, -0.05) is 25.1 Å². The van der Waals surface area contributed by atoms with Gasteiger partial charge in [-0.15, -0.1) is 0 Å². The zero-order chi connectivity index (χ0) is 19.1. The highest BCUT2D eigenvalue weighted by molar-refractivity contribution is 5.90. The molecule has 1 heterocycles. The Morgan fingerprint density at radius 1 is 1.11 bits per heavy atom. The molecule has 1 N–H and O–H groups in total. The molecule has 3 rings (SSSR count). The maximum Gasteiger partial charge on any atom is 0.270 e. The molecule has 27 heavy (non-hydrogen) atoms. The van der Waals surface area contributed by atoms with E-state index in [-0.39, 0.29) is 18.5 Å². The number of nitrogens with one attached hydrogen (secondary N) is 1. The Morgan fingerprint density at radius 2 is 1.89 bits per heavy atom. The van der Waals surface area contributed by atoms with Crippen LogP contribution in [0.3, 0.4) is 0 Å². The van der Waals surface area contributed by atoms with Gasteiger partial charge < -0.3 is 14.0 Å². The summed E-state index contributed by atoms with van der Waals surface area (Å²) in [4.78, 5) is 16.2. The van der Waals surface area contributed by atoms with Crippen LogP contribution in [0.15, 0.2) is 53.1 Å². The second-order valence-corrected chi connectivity index (χ2v) is 5.90. The summed E-state index contributed by atoms with van der Waals surface area (Å²) in [7, 11) is 0. The Hall–Kier alpha value is -3.35. The summed E-state index contributed by atoms with van der Waals surface area (Å²) in [5.41, 5.74) is 1.70. The van der Waals surface area contributed by atoms with Gasteiger partial charge >= 0.3 is 0 Å². The van der Waals surface area contributed by atoms with E-state index < -0.39 is 0 Å². The van der Waals surface area contributed by atoms with Crippen molar-refractivity contribution in [2.45, 2.75) is 20.3 Å². The van der Waals surface area contributed by atoms with E-state index in [1.54, 1.807) is 0 Å². The molecule has 1 amide bonds. The molecule has 2 aromatic carbocycles. The van der Waals surface area contributed by atoms with E-state index in [2.05, 4.69) is 22.4 Å². The van der Waals surface area contributed by atoms with Gasteiger partial charge in [0.25, 0.3) is 17.7 Å². The average molecular weight is 367 g/mol. The van der Waals surface area contributed by atoms with Gasteiger partial charge in [0.05, 0.1) is 6.61 Å². The van der Waals surface area contributed by atoms with Crippen molar-refractivity contribution in [1.82, 2.24) is 10.1 Å². The molecule has 0 saturated carbocycles. The molecule has 0 spiro atoms. The van der Waals surface area contributed by atoms with Gasteiger partial charge in [0, 0.05) is 5.56 Å². The van der Waals surface area contributed by atoms with Crippen LogP contribution in [0.5, 0.6) is 11.5 Å². The van der Waals surface area contributed by atoms with Gasteiger partial charge in [-0.2, -0.15) is 4.98 Å². The predicted octanol–water partition coefficient (Wildman–Crippen LogP) is 3.85. The van der Waals surface area contributed by atoms with Crippen LogP contribution in [0, 0.1) is 6.92 Å². The SMILES string of the molecule is CCCOc1ccc(-c2nc(NC(=O)COc3ccccc3C)no2)cc1. The van der Waals surface area contributed by atoms with Crippen LogP contribution in [0.1, 0.15) is 18.9 Å². The van der Waals surface area contributed by atoms with Crippen LogP contribution in [0.4, 0.5) is 5.95 Å². The van der Waals surface area contributed by atoms with Crippen LogP contribution in [-0.2, 0) is 4.79 Å². The molecule has 0 aliphatic carbocycles. The summed E-state index contributed by atoms with van der Waals surface area (Å²) < 4.78 is 16.2. The number of carbonyl (C=O) groups excluding carboxylic acids is 1. The van der Waals surface area contributed by atoms with E-state index in [9.17, 15) is 4.79 Å². The first-order valence-electron chi connectivity index (χ1n) is 8.71. The second-order valence-electron chi connectivity index (χ2n) is 5.90. The first-order valence-corrected chi connectivity index (χ1v) is 8.71. The molecule has 3 aromatic rings. The van der Waals surface area contributed by atoms with E-state index >= 15 is 0 Å². The number of aryl methyl sites for hydroxylation is 1. The number of aromatic nitrogens is 2. The second kappa shape index (κ2) is 8.84. The molecular weight excluding hydrogens is 346 g/mol. The quantitative estimate of drug-likeness (QED) is 0.651.